The molecule has 0 bridgehead atoms. The van der Waals surface area contributed by atoms with Crippen molar-refractivity contribution in [2.45, 2.75) is 28.3 Å². The van der Waals surface area contributed by atoms with Crippen molar-refractivity contribution in [2.24, 2.45) is 0 Å². The number of hydrogen-bond donors (Lipinski definition) is 0. The van der Waals surface area contributed by atoms with Gasteiger partial charge < -0.3 is 0 Å². The molecule has 0 aliphatic carbocycles. The van der Waals surface area contributed by atoms with Crippen molar-refractivity contribution in [2.75, 3.05) is 14.2 Å². The van der Waals surface area contributed by atoms with E-state index in [-0.39, 0.29) is 38.1 Å². The molecule has 2 atom stereocenters. The number of β-lactam (4-membered cyclic amide) rings is 1. The summed E-state index contributed by atoms with van der Waals surface area (Å²) in [6, 6.07) is 20.2. The van der Waals surface area contributed by atoms with Crippen molar-refractivity contribution in [3.63, 3.8) is 0 Å². The van der Waals surface area contributed by atoms with Crippen LogP contribution in [0.25, 0.3) is 0 Å². The van der Waals surface area contributed by atoms with E-state index in [1.54, 1.807) is 31.3 Å². The van der Waals surface area contributed by atoms with E-state index in [0.717, 1.165) is 11.1 Å². The fourth-order valence-corrected chi connectivity index (χ4v) is 8.77. The Morgan fingerprint density at radius 1 is 0.973 bits per heavy atom. The molecule has 0 aromatic heterocycles. The molecule has 1 amide bonds. The summed E-state index contributed by atoms with van der Waals surface area (Å²) in [6.07, 6.45) is 0.403. The second-order valence-electron chi connectivity index (χ2n) is 8.70. The summed E-state index contributed by atoms with van der Waals surface area (Å²) in [6.45, 7) is -0.0612. The van der Waals surface area contributed by atoms with E-state index >= 15 is 0 Å². The van der Waals surface area contributed by atoms with E-state index in [1.165, 1.54) is 12.1 Å². The molecule has 37 heavy (non-hydrogen) atoms. The normalized spacial score (nSPS) is 19.5. The van der Waals surface area contributed by atoms with Crippen molar-refractivity contribution in [3.05, 3.63) is 99.6 Å². The minimum atomic E-state index is -0.849. The summed E-state index contributed by atoms with van der Waals surface area (Å²) in [4.78, 5) is 38.7. The summed E-state index contributed by atoms with van der Waals surface area (Å²) < 4.78 is 15.7. The van der Waals surface area contributed by atoms with Gasteiger partial charge in [0, 0.05) is 0 Å². The van der Waals surface area contributed by atoms with Gasteiger partial charge in [0.15, 0.2) is 0 Å². The first-order valence-corrected chi connectivity index (χ1v) is 13.4. The molecule has 0 N–H and O–H groups in total. The summed E-state index contributed by atoms with van der Waals surface area (Å²) in [5.41, 5.74) is 2.38. The molecule has 2 aliphatic rings. The van der Waals surface area contributed by atoms with Crippen LogP contribution in [0.5, 0.6) is 11.5 Å². The van der Waals surface area contributed by atoms with Gasteiger partial charge in [-0.25, -0.2) is 0 Å². The first kappa shape index (κ1) is 24.8. The molecule has 3 aromatic rings. The Hall–Kier alpha value is -3.88. The Morgan fingerprint density at radius 2 is 1.51 bits per heavy atom. The van der Waals surface area contributed by atoms with Crippen LogP contribution in [0.1, 0.15) is 23.1 Å². The van der Waals surface area contributed by atoms with Crippen molar-refractivity contribution in [1.82, 2.24) is 4.90 Å². The standard InChI is InChI=1S/C27H24N2O7Se/c1-34-21-11-5-18(6-12-21)27(19-7-13-22(35-2)14-8-19)25(28-23(30)15-24(28)37-27)26(31)36-16-17-3-9-20(10-4-17)29(32)33/h3-14,24-25H,15-16H2,1-2H3/t24-,25+/m1/s1. The first-order valence-electron chi connectivity index (χ1n) is 11.6. The molecule has 190 valence electrons. The summed E-state index contributed by atoms with van der Waals surface area (Å²) in [5.74, 6) is 0.794. The molecule has 2 aliphatic heterocycles. The molecular weight excluding hydrogens is 543 g/mol. The van der Waals surface area contributed by atoms with Gasteiger partial charge in [-0.1, -0.05) is 0 Å². The molecule has 10 heteroatoms. The quantitative estimate of drug-likeness (QED) is 0.135. The fraction of sp³-hybridized carbons (Fsp3) is 0.259. The minimum absolute atomic E-state index is 0.0267. The SMILES string of the molecule is COc1ccc(C2(c3ccc(OC)cc3)[Se][C@@H]3CC(=O)N3[C@H]2C(=O)OCc2ccc([N+](=O)[O-])cc2)cc1. The fourth-order valence-electron chi connectivity index (χ4n) is 4.81. The molecule has 9 nitrogen and oxygen atoms in total. The third kappa shape index (κ3) is 4.32. The number of methoxy groups -OCH3 is 2. The van der Waals surface area contributed by atoms with Crippen LogP contribution in [-0.4, -0.2) is 61.9 Å². The third-order valence-electron chi connectivity index (χ3n) is 6.72. The average Bonchev–Trinajstić information content (AvgIpc) is 3.21. The summed E-state index contributed by atoms with van der Waals surface area (Å²) in [5, 5.41) is 10.9. The van der Waals surface area contributed by atoms with Crippen molar-refractivity contribution < 1.29 is 28.7 Å². The maximum absolute atomic E-state index is 13.8. The zero-order valence-electron chi connectivity index (χ0n) is 20.2. The Labute approximate surface area is 219 Å². The number of benzene rings is 3. The van der Waals surface area contributed by atoms with Gasteiger partial charge in [0.1, 0.15) is 0 Å². The number of hydrogen-bond acceptors (Lipinski definition) is 7. The Balaban J connectivity index is 1.53. The summed E-state index contributed by atoms with van der Waals surface area (Å²) in [7, 11) is 3.19. The molecule has 2 saturated heterocycles. The molecule has 2 fully saturated rings. The number of ether oxygens (including phenoxy) is 3. The first-order chi connectivity index (χ1) is 17.9. The summed E-state index contributed by atoms with van der Waals surface area (Å²) >= 11 is -0.179. The number of esters is 1. The van der Waals surface area contributed by atoms with Crippen LogP contribution in [0.2, 0.25) is 0 Å². The number of amides is 1. The van der Waals surface area contributed by atoms with Gasteiger partial charge in [-0.15, -0.1) is 0 Å². The van der Waals surface area contributed by atoms with Gasteiger partial charge in [0.2, 0.25) is 0 Å². The van der Waals surface area contributed by atoms with Crippen LogP contribution in [0, 0.1) is 10.1 Å². The molecule has 0 radical (unpaired) electrons. The molecule has 5 rings (SSSR count). The van der Waals surface area contributed by atoms with Gasteiger partial charge in [-0.3, -0.25) is 0 Å². The topological polar surface area (TPSA) is 108 Å². The Kier molecular flexibility index (Phi) is 6.62. The van der Waals surface area contributed by atoms with Crippen LogP contribution in [0.15, 0.2) is 72.8 Å². The van der Waals surface area contributed by atoms with E-state index in [4.69, 9.17) is 14.2 Å². The Bertz CT molecular complexity index is 1280. The number of non-ortho nitro benzene ring substituents is 1. The van der Waals surface area contributed by atoms with Gasteiger partial charge >= 0.3 is 220 Å². The number of nitrogens with zero attached hydrogens (tertiary/aromatic N) is 2. The average molecular weight is 567 g/mol. The van der Waals surface area contributed by atoms with Gasteiger partial charge in [0.05, 0.1) is 0 Å². The van der Waals surface area contributed by atoms with Crippen molar-refractivity contribution in [1.29, 1.82) is 0 Å². The third-order valence-corrected chi connectivity index (χ3v) is 10.4. The second kappa shape index (κ2) is 9.88. The number of nitro groups is 1. The van der Waals surface area contributed by atoms with E-state index in [9.17, 15) is 19.7 Å². The number of nitro benzene ring substituents is 1. The van der Waals surface area contributed by atoms with E-state index in [0.29, 0.717) is 23.5 Å². The van der Waals surface area contributed by atoms with Gasteiger partial charge in [-0.05, 0) is 0 Å². The number of carbonyl (C=O) groups excluding carboxylic acids is 2. The van der Waals surface area contributed by atoms with E-state index in [2.05, 4.69) is 0 Å². The number of fused-ring (bicyclic) bond motifs is 1. The van der Waals surface area contributed by atoms with Gasteiger partial charge in [0.25, 0.3) is 0 Å². The Morgan fingerprint density at radius 3 is 1.97 bits per heavy atom. The van der Waals surface area contributed by atoms with Crippen LogP contribution in [-0.2, 0) is 25.2 Å². The second-order valence-corrected chi connectivity index (χ2v) is 11.7. The van der Waals surface area contributed by atoms with E-state index in [1.807, 2.05) is 48.5 Å². The molecule has 3 aromatic carbocycles. The number of carbonyl (C=O) groups is 2. The van der Waals surface area contributed by atoms with E-state index < -0.39 is 21.2 Å². The number of rotatable bonds is 8. The monoisotopic (exact) mass is 568 g/mol. The van der Waals surface area contributed by atoms with Crippen molar-refractivity contribution >= 4 is 32.5 Å². The van der Waals surface area contributed by atoms with Gasteiger partial charge in [-0.2, -0.15) is 0 Å². The predicted octanol–water partition coefficient (Wildman–Crippen LogP) is 3.24. The molecule has 0 unspecified atom stereocenters. The molecule has 2 heterocycles. The predicted molar refractivity (Wildman–Crippen MR) is 134 cm³/mol. The molecular formula is C27H24N2O7Se. The van der Waals surface area contributed by atoms with Crippen molar-refractivity contribution in [3.8, 4) is 11.5 Å². The molecule has 0 saturated carbocycles. The van der Waals surface area contributed by atoms with Crippen LogP contribution >= 0.6 is 0 Å². The zero-order chi connectivity index (χ0) is 26.2. The maximum atomic E-state index is 13.8. The van der Waals surface area contributed by atoms with Crippen LogP contribution in [0.3, 0.4) is 0 Å². The van der Waals surface area contributed by atoms with Crippen LogP contribution in [0.4, 0.5) is 5.69 Å². The zero-order valence-corrected chi connectivity index (χ0v) is 21.9. The molecule has 0 spiro atoms. The van der Waals surface area contributed by atoms with Crippen LogP contribution < -0.4 is 9.47 Å².